The van der Waals surface area contributed by atoms with Crippen molar-refractivity contribution in [2.45, 2.75) is 19.1 Å². The summed E-state index contributed by atoms with van der Waals surface area (Å²) in [6, 6.07) is 8.94. The van der Waals surface area contributed by atoms with Crippen LogP contribution in [0.4, 0.5) is 17.6 Å². The fourth-order valence-corrected chi connectivity index (χ4v) is 2.29. The SMILES string of the molecule is CNC(c1ccc(C(F)(F)F)cc1)c1cc(F)ccc1C. The molecule has 0 amide bonds. The standard InChI is InChI=1S/C16H15F4N/c1-10-3-8-13(17)9-14(10)15(21-2)11-4-6-12(7-5-11)16(18,19)20/h3-9,15,21H,1-2H3. The van der Waals surface area contributed by atoms with Crippen LogP contribution >= 0.6 is 0 Å². The molecule has 0 aliphatic heterocycles. The summed E-state index contributed by atoms with van der Waals surface area (Å²) in [5.41, 5.74) is 1.53. The van der Waals surface area contributed by atoms with Crippen LogP contribution in [0.15, 0.2) is 42.5 Å². The zero-order valence-electron chi connectivity index (χ0n) is 11.6. The van der Waals surface area contributed by atoms with E-state index in [-0.39, 0.29) is 11.9 Å². The van der Waals surface area contributed by atoms with Gasteiger partial charge in [0.05, 0.1) is 11.6 Å². The zero-order chi connectivity index (χ0) is 15.6. The minimum atomic E-state index is -4.36. The van der Waals surface area contributed by atoms with Crippen LogP contribution in [0.2, 0.25) is 0 Å². The molecule has 0 fully saturated rings. The molecule has 1 unspecified atom stereocenters. The summed E-state index contributed by atoms with van der Waals surface area (Å²) in [5, 5.41) is 3.01. The predicted molar refractivity (Wildman–Crippen MR) is 73.5 cm³/mol. The van der Waals surface area contributed by atoms with E-state index in [2.05, 4.69) is 5.32 Å². The van der Waals surface area contributed by atoms with Crippen LogP contribution in [0, 0.1) is 12.7 Å². The van der Waals surface area contributed by atoms with Gasteiger partial charge in [-0.25, -0.2) is 4.39 Å². The first-order valence-electron chi connectivity index (χ1n) is 6.43. The molecule has 0 aliphatic rings. The molecule has 0 spiro atoms. The summed E-state index contributed by atoms with van der Waals surface area (Å²) < 4.78 is 51.1. The second kappa shape index (κ2) is 5.85. The van der Waals surface area contributed by atoms with Crippen molar-refractivity contribution in [1.29, 1.82) is 0 Å². The van der Waals surface area contributed by atoms with Crippen molar-refractivity contribution in [3.63, 3.8) is 0 Å². The minimum absolute atomic E-state index is 0.358. The summed E-state index contributed by atoms with van der Waals surface area (Å²) in [6.45, 7) is 1.84. The van der Waals surface area contributed by atoms with E-state index in [1.807, 2.05) is 6.92 Å². The Hall–Kier alpha value is -1.88. The first kappa shape index (κ1) is 15.5. The number of aryl methyl sites for hydroxylation is 1. The molecule has 2 aromatic rings. The summed E-state index contributed by atoms with van der Waals surface area (Å²) in [5.74, 6) is -0.372. The maximum Gasteiger partial charge on any atom is 0.416 e. The van der Waals surface area contributed by atoms with Crippen molar-refractivity contribution < 1.29 is 17.6 Å². The molecule has 0 saturated heterocycles. The van der Waals surface area contributed by atoms with Crippen LogP contribution in [-0.4, -0.2) is 7.05 Å². The van der Waals surface area contributed by atoms with E-state index < -0.39 is 11.7 Å². The van der Waals surface area contributed by atoms with Gasteiger partial charge in [-0.3, -0.25) is 0 Å². The Kier molecular flexibility index (Phi) is 4.32. The number of alkyl halides is 3. The molecule has 2 aromatic carbocycles. The second-order valence-corrected chi connectivity index (χ2v) is 4.84. The van der Waals surface area contributed by atoms with Crippen molar-refractivity contribution in [1.82, 2.24) is 5.32 Å². The lowest BCUT2D eigenvalue weighted by Gasteiger charge is -2.20. The van der Waals surface area contributed by atoms with Crippen molar-refractivity contribution in [3.05, 3.63) is 70.5 Å². The lowest BCUT2D eigenvalue weighted by Crippen LogP contribution is -2.19. The molecule has 0 aliphatic carbocycles. The van der Waals surface area contributed by atoms with Crippen molar-refractivity contribution in [2.75, 3.05) is 7.05 Å². The topological polar surface area (TPSA) is 12.0 Å². The van der Waals surface area contributed by atoms with Crippen LogP contribution in [0.3, 0.4) is 0 Å². The van der Waals surface area contributed by atoms with E-state index in [0.29, 0.717) is 11.1 Å². The average Bonchev–Trinajstić information content (AvgIpc) is 2.43. The summed E-state index contributed by atoms with van der Waals surface area (Å²) in [4.78, 5) is 0. The Balaban J connectivity index is 2.40. The van der Waals surface area contributed by atoms with Gasteiger partial charge in [0.1, 0.15) is 5.82 Å². The van der Waals surface area contributed by atoms with Crippen LogP contribution in [0.1, 0.15) is 28.3 Å². The van der Waals surface area contributed by atoms with Gasteiger partial charge < -0.3 is 5.32 Å². The highest BCUT2D eigenvalue weighted by atomic mass is 19.4. The van der Waals surface area contributed by atoms with Crippen molar-refractivity contribution >= 4 is 0 Å². The third-order valence-electron chi connectivity index (χ3n) is 3.41. The Labute approximate surface area is 120 Å². The maximum atomic E-state index is 13.4. The highest BCUT2D eigenvalue weighted by molar-refractivity contribution is 5.38. The van der Waals surface area contributed by atoms with E-state index >= 15 is 0 Å². The van der Waals surface area contributed by atoms with Gasteiger partial charge in [0.2, 0.25) is 0 Å². The summed E-state index contributed by atoms with van der Waals surface area (Å²) in [6.07, 6.45) is -4.36. The van der Waals surface area contributed by atoms with Crippen LogP contribution < -0.4 is 5.32 Å². The van der Waals surface area contributed by atoms with E-state index in [9.17, 15) is 17.6 Å². The molecule has 1 N–H and O–H groups in total. The van der Waals surface area contributed by atoms with Gasteiger partial charge in [-0.1, -0.05) is 18.2 Å². The normalized spacial score (nSPS) is 13.2. The highest BCUT2D eigenvalue weighted by Gasteiger charge is 2.30. The summed E-state index contributed by atoms with van der Waals surface area (Å²) in [7, 11) is 1.69. The Morgan fingerprint density at radius 2 is 1.62 bits per heavy atom. The van der Waals surface area contributed by atoms with Gasteiger partial charge in [0.15, 0.2) is 0 Å². The Bertz CT molecular complexity index is 617. The van der Waals surface area contributed by atoms with Gasteiger partial charge >= 0.3 is 6.18 Å². The molecule has 1 atom stereocenters. The number of hydrogen-bond acceptors (Lipinski definition) is 1. The molecule has 0 aromatic heterocycles. The number of halogens is 4. The first-order chi connectivity index (χ1) is 9.82. The zero-order valence-corrected chi connectivity index (χ0v) is 11.6. The highest BCUT2D eigenvalue weighted by Crippen LogP contribution is 2.31. The first-order valence-corrected chi connectivity index (χ1v) is 6.43. The average molecular weight is 297 g/mol. The molecule has 21 heavy (non-hydrogen) atoms. The number of benzene rings is 2. The van der Waals surface area contributed by atoms with E-state index in [1.165, 1.54) is 24.3 Å². The number of hydrogen-bond donors (Lipinski definition) is 1. The van der Waals surface area contributed by atoms with Gasteiger partial charge in [-0.15, -0.1) is 0 Å². The molecule has 0 bridgehead atoms. The molecule has 1 nitrogen and oxygen atoms in total. The molecule has 2 rings (SSSR count). The molecule has 0 radical (unpaired) electrons. The third kappa shape index (κ3) is 3.42. The molecule has 0 heterocycles. The fourth-order valence-electron chi connectivity index (χ4n) is 2.29. The van der Waals surface area contributed by atoms with E-state index in [4.69, 9.17) is 0 Å². The molecule has 112 valence electrons. The molecule has 5 heteroatoms. The smallest absolute Gasteiger partial charge is 0.309 e. The Morgan fingerprint density at radius 3 is 2.14 bits per heavy atom. The molecular formula is C16H15F4N. The third-order valence-corrected chi connectivity index (χ3v) is 3.41. The second-order valence-electron chi connectivity index (χ2n) is 4.84. The molecular weight excluding hydrogens is 282 g/mol. The maximum absolute atomic E-state index is 13.4. The number of rotatable bonds is 3. The minimum Gasteiger partial charge on any atom is -0.309 e. The van der Waals surface area contributed by atoms with Crippen molar-refractivity contribution in [3.8, 4) is 0 Å². The van der Waals surface area contributed by atoms with Gasteiger partial charge in [-0.2, -0.15) is 13.2 Å². The quantitative estimate of drug-likeness (QED) is 0.825. The van der Waals surface area contributed by atoms with Crippen LogP contribution in [0.5, 0.6) is 0 Å². The predicted octanol–water partition coefficient (Wildman–Crippen LogP) is 4.46. The fraction of sp³-hybridized carbons (Fsp3) is 0.250. The van der Waals surface area contributed by atoms with E-state index in [1.54, 1.807) is 13.1 Å². The lowest BCUT2D eigenvalue weighted by molar-refractivity contribution is -0.137. The van der Waals surface area contributed by atoms with Crippen LogP contribution in [-0.2, 0) is 6.18 Å². The number of nitrogens with one attached hydrogen (secondary N) is 1. The van der Waals surface area contributed by atoms with Crippen molar-refractivity contribution in [2.24, 2.45) is 0 Å². The van der Waals surface area contributed by atoms with Gasteiger partial charge in [-0.05, 0) is 54.9 Å². The largest absolute Gasteiger partial charge is 0.416 e. The van der Waals surface area contributed by atoms with Gasteiger partial charge in [0.25, 0.3) is 0 Å². The Morgan fingerprint density at radius 1 is 1.00 bits per heavy atom. The van der Waals surface area contributed by atoms with Gasteiger partial charge in [0, 0.05) is 0 Å². The monoisotopic (exact) mass is 297 g/mol. The van der Waals surface area contributed by atoms with E-state index in [0.717, 1.165) is 17.7 Å². The lowest BCUT2D eigenvalue weighted by atomic mass is 9.94. The van der Waals surface area contributed by atoms with Crippen LogP contribution in [0.25, 0.3) is 0 Å². The summed E-state index contributed by atoms with van der Waals surface area (Å²) >= 11 is 0. The molecule has 0 saturated carbocycles.